The second-order valence-corrected chi connectivity index (χ2v) is 5.56. The summed E-state index contributed by atoms with van der Waals surface area (Å²) in [6.45, 7) is 6.49. The molecule has 0 aromatic heterocycles. The highest BCUT2D eigenvalue weighted by atomic mass is 19.2. The van der Waals surface area contributed by atoms with Crippen LogP contribution in [0.5, 0.6) is 0 Å². The summed E-state index contributed by atoms with van der Waals surface area (Å²) in [5.74, 6) is -3.52. The maximum atomic E-state index is 13.9. The van der Waals surface area contributed by atoms with E-state index in [-0.39, 0.29) is 17.0 Å². The van der Waals surface area contributed by atoms with Crippen LogP contribution in [0.2, 0.25) is 0 Å². The Labute approximate surface area is 99.0 Å². The molecule has 1 heterocycles. The third kappa shape index (κ3) is 2.06. The predicted molar refractivity (Wildman–Crippen MR) is 60.2 cm³/mol. The largest absolute Gasteiger partial charge is 0.309 e. The number of fused-ring (bicyclic) bond motifs is 1. The average molecular weight is 243 g/mol. The van der Waals surface area contributed by atoms with Crippen LogP contribution in [0, 0.1) is 22.9 Å². The Balaban J connectivity index is 2.62. The van der Waals surface area contributed by atoms with Gasteiger partial charge in [-0.3, -0.25) is 0 Å². The molecule has 1 aliphatic heterocycles. The van der Waals surface area contributed by atoms with Crippen molar-refractivity contribution in [3.63, 3.8) is 0 Å². The molecule has 2 rings (SSSR count). The minimum absolute atomic E-state index is 0.250. The fourth-order valence-electron chi connectivity index (χ4n) is 2.37. The summed E-state index contributed by atoms with van der Waals surface area (Å²) in [7, 11) is 0. The number of hydrogen-bond donors (Lipinski definition) is 1. The normalized spacial score (nSPS) is 20.2. The van der Waals surface area contributed by atoms with E-state index in [4.69, 9.17) is 0 Å². The van der Waals surface area contributed by atoms with Gasteiger partial charge in [0.05, 0.1) is 0 Å². The first-order valence-electron chi connectivity index (χ1n) is 5.72. The van der Waals surface area contributed by atoms with Crippen LogP contribution < -0.4 is 5.32 Å². The van der Waals surface area contributed by atoms with Crippen LogP contribution in [-0.4, -0.2) is 6.54 Å². The molecule has 0 radical (unpaired) electrons. The van der Waals surface area contributed by atoms with Gasteiger partial charge in [0.15, 0.2) is 17.5 Å². The first-order valence-corrected chi connectivity index (χ1v) is 5.72. The first kappa shape index (κ1) is 12.4. The van der Waals surface area contributed by atoms with Crippen LogP contribution in [0.3, 0.4) is 0 Å². The SMILES string of the molecule is CC(C)(C)C1NCCc2cc(F)c(F)c(F)c21. The molecule has 0 spiro atoms. The van der Waals surface area contributed by atoms with Gasteiger partial charge < -0.3 is 5.32 Å². The van der Waals surface area contributed by atoms with Crippen LogP contribution in [0.25, 0.3) is 0 Å². The van der Waals surface area contributed by atoms with Crippen molar-refractivity contribution < 1.29 is 13.2 Å². The molecule has 1 aromatic rings. The zero-order valence-corrected chi connectivity index (χ0v) is 10.2. The standard InChI is InChI=1S/C13H16F3N/c1-13(2,3)12-9-7(4-5-17-12)6-8(14)10(15)11(9)16/h6,12,17H,4-5H2,1-3H3. The summed E-state index contributed by atoms with van der Waals surface area (Å²) < 4.78 is 40.3. The van der Waals surface area contributed by atoms with Crippen LogP contribution in [-0.2, 0) is 6.42 Å². The molecule has 1 aliphatic rings. The number of benzene rings is 1. The summed E-state index contributed by atoms with van der Waals surface area (Å²) >= 11 is 0. The van der Waals surface area contributed by atoms with Crippen LogP contribution in [0.4, 0.5) is 13.2 Å². The molecule has 4 heteroatoms. The molecule has 0 bridgehead atoms. The molecule has 1 N–H and O–H groups in total. The van der Waals surface area contributed by atoms with Gasteiger partial charge >= 0.3 is 0 Å². The van der Waals surface area contributed by atoms with E-state index in [2.05, 4.69) is 5.32 Å². The molecule has 0 saturated carbocycles. The quantitative estimate of drug-likeness (QED) is 0.689. The van der Waals surface area contributed by atoms with Gasteiger partial charge in [-0.1, -0.05) is 20.8 Å². The molecule has 0 amide bonds. The van der Waals surface area contributed by atoms with Gasteiger partial charge in [0.25, 0.3) is 0 Å². The number of hydrogen-bond acceptors (Lipinski definition) is 1. The first-order chi connectivity index (χ1) is 7.82. The maximum absolute atomic E-state index is 13.9. The highest BCUT2D eigenvalue weighted by Gasteiger charge is 2.34. The Morgan fingerprint density at radius 3 is 2.41 bits per heavy atom. The zero-order chi connectivity index (χ0) is 12.8. The summed E-state index contributed by atoms with van der Waals surface area (Å²) in [6, 6.07) is 0.828. The fourth-order valence-corrected chi connectivity index (χ4v) is 2.37. The van der Waals surface area contributed by atoms with Gasteiger partial charge in [0.2, 0.25) is 0 Å². The van der Waals surface area contributed by atoms with Crippen molar-refractivity contribution in [2.75, 3.05) is 6.54 Å². The lowest BCUT2D eigenvalue weighted by Gasteiger charge is -2.37. The fraction of sp³-hybridized carbons (Fsp3) is 0.538. The van der Waals surface area contributed by atoms with Crippen LogP contribution in [0.15, 0.2) is 6.07 Å². The van der Waals surface area contributed by atoms with Gasteiger partial charge in [0, 0.05) is 11.6 Å². The van der Waals surface area contributed by atoms with Gasteiger partial charge in [-0.05, 0) is 30.0 Å². The Hall–Kier alpha value is -1.03. The van der Waals surface area contributed by atoms with Gasteiger partial charge in [-0.15, -0.1) is 0 Å². The van der Waals surface area contributed by atoms with E-state index in [0.717, 1.165) is 6.07 Å². The summed E-state index contributed by atoms with van der Waals surface area (Å²) in [5.41, 5.74) is 0.600. The number of halogens is 3. The molecule has 17 heavy (non-hydrogen) atoms. The minimum atomic E-state index is -1.37. The van der Waals surface area contributed by atoms with E-state index in [1.165, 1.54) is 0 Å². The number of rotatable bonds is 0. The second kappa shape index (κ2) is 4.02. The highest BCUT2D eigenvalue weighted by Crippen LogP contribution is 2.39. The summed E-state index contributed by atoms with van der Waals surface area (Å²) in [5, 5.41) is 3.17. The summed E-state index contributed by atoms with van der Waals surface area (Å²) in [4.78, 5) is 0. The lowest BCUT2D eigenvalue weighted by Crippen LogP contribution is -2.39. The Bertz CT molecular complexity index is 449. The Morgan fingerprint density at radius 2 is 1.82 bits per heavy atom. The van der Waals surface area contributed by atoms with Crippen LogP contribution >= 0.6 is 0 Å². The Kier molecular flexibility index (Phi) is 2.94. The molecule has 0 saturated heterocycles. The molecule has 1 nitrogen and oxygen atoms in total. The van der Waals surface area contributed by atoms with Crippen molar-refractivity contribution in [2.24, 2.45) is 5.41 Å². The van der Waals surface area contributed by atoms with E-state index in [9.17, 15) is 13.2 Å². The van der Waals surface area contributed by atoms with Gasteiger partial charge in [0.1, 0.15) is 0 Å². The Morgan fingerprint density at radius 1 is 1.18 bits per heavy atom. The maximum Gasteiger partial charge on any atom is 0.194 e. The smallest absolute Gasteiger partial charge is 0.194 e. The highest BCUT2D eigenvalue weighted by molar-refractivity contribution is 5.36. The molecule has 0 fully saturated rings. The van der Waals surface area contributed by atoms with Crippen LogP contribution in [0.1, 0.15) is 37.9 Å². The van der Waals surface area contributed by atoms with E-state index >= 15 is 0 Å². The molecule has 94 valence electrons. The lowest BCUT2D eigenvalue weighted by atomic mass is 9.78. The van der Waals surface area contributed by atoms with Crippen molar-refractivity contribution in [3.8, 4) is 0 Å². The summed E-state index contributed by atoms with van der Waals surface area (Å²) in [6.07, 6.45) is 0.524. The molecule has 1 atom stereocenters. The van der Waals surface area contributed by atoms with Crippen molar-refractivity contribution in [1.29, 1.82) is 0 Å². The third-order valence-electron chi connectivity index (χ3n) is 3.18. The van der Waals surface area contributed by atoms with Crippen molar-refractivity contribution >= 4 is 0 Å². The number of nitrogens with one attached hydrogen (secondary N) is 1. The van der Waals surface area contributed by atoms with Crippen molar-refractivity contribution in [1.82, 2.24) is 5.32 Å². The second-order valence-electron chi connectivity index (χ2n) is 5.56. The molecule has 1 unspecified atom stereocenters. The third-order valence-corrected chi connectivity index (χ3v) is 3.18. The monoisotopic (exact) mass is 243 g/mol. The average Bonchev–Trinajstić information content (AvgIpc) is 2.24. The van der Waals surface area contributed by atoms with E-state index in [0.29, 0.717) is 18.5 Å². The van der Waals surface area contributed by atoms with Gasteiger partial charge in [-0.2, -0.15) is 0 Å². The minimum Gasteiger partial charge on any atom is -0.309 e. The van der Waals surface area contributed by atoms with Crippen molar-refractivity contribution in [2.45, 2.75) is 33.2 Å². The van der Waals surface area contributed by atoms with E-state index < -0.39 is 17.5 Å². The molecular formula is C13H16F3N. The zero-order valence-electron chi connectivity index (χ0n) is 10.2. The predicted octanol–water partition coefficient (Wildman–Crippen LogP) is 3.34. The lowest BCUT2D eigenvalue weighted by molar-refractivity contribution is 0.252. The topological polar surface area (TPSA) is 12.0 Å². The molecule has 0 aliphatic carbocycles. The molecular weight excluding hydrogens is 227 g/mol. The molecule has 1 aromatic carbocycles. The van der Waals surface area contributed by atoms with Crippen molar-refractivity contribution in [3.05, 3.63) is 34.6 Å². The van der Waals surface area contributed by atoms with Gasteiger partial charge in [-0.25, -0.2) is 13.2 Å². The van der Waals surface area contributed by atoms with E-state index in [1.807, 2.05) is 20.8 Å². The van der Waals surface area contributed by atoms with E-state index in [1.54, 1.807) is 0 Å².